The molecule has 0 aliphatic carbocycles. The van der Waals surface area contributed by atoms with Gasteiger partial charge in [-0.05, 0) is 6.07 Å². The van der Waals surface area contributed by atoms with Gasteiger partial charge in [-0.1, -0.05) is 12.1 Å². The van der Waals surface area contributed by atoms with Crippen LogP contribution in [0.3, 0.4) is 0 Å². The minimum atomic E-state index is 0.734. The van der Waals surface area contributed by atoms with Crippen molar-refractivity contribution in [1.29, 1.82) is 0 Å². The molecule has 0 aliphatic heterocycles. The second-order valence-electron chi connectivity index (χ2n) is 1.69. The van der Waals surface area contributed by atoms with Crippen LogP contribution in [0.2, 0.25) is 0 Å². The van der Waals surface area contributed by atoms with Gasteiger partial charge in [-0.3, -0.25) is 0 Å². The van der Waals surface area contributed by atoms with Gasteiger partial charge in [0.2, 0.25) is 0 Å². The van der Waals surface area contributed by atoms with Crippen LogP contribution in [0.15, 0.2) is 22.6 Å². The first-order valence-corrected chi connectivity index (χ1v) is 2.60. The Kier molecular flexibility index (Phi) is 0.803. The molecular formula is C7H3NO. The molecule has 0 aliphatic rings. The second kappa shape index (κ2) is 1.58. The molecule has 1 heterocycles. The molecule has 0 unspecified atom stereocenters. The third kappa shape index (κ3) is 0.598. The van der Waals surface area contributed by atoms with Crippen LogP contribution in [-0.4, -0.2) is 4.98 Å². The van der Waals surface area contributed by atoms with Gasteiger partial charge in [0.1, 0.15) is 5.52 Å². The Morgan fingerprint density at radius 1 is 1.56 bits per heavy atom. The fraction of sp³-hybridized carbons (Fsp3) is 0. The number of nitrogens with zero attached hydrogens (tertiary/aromatic N) is 1. The molecule has 0 bridgehead atoms. The molecule has 0 amide bonds. The second-order valence-corrected chi connectivity index (χ2v) is 1.69. The maximum Gasteiger partial charge on any atom is 0.284 e. The molecule has 0 N–H and O–H groups in total. The van der Waals surface area contributed by atoms with Crippen LogP contribution in [0.4, 0.5) is 0 Å². The summed E-state index contributed by atoms with van der Waals surface area (Å²) in [5.41, 5.74) is 1.47. The van der Waals surface area contributed by atoms with Gasteiger partial charge in [0.25, 0.3) is 6.39 Å². The molecule has 2 aromatic rings. The van der Waals surface area contributed by atoms with E-state index in [-0.39, 0.29) is 0 Å². The highest BCUT2D eigenvalue weighted by Gasteiger charge is 1.92. The van der Waals surface area contributed by atoms with Gasteiger partial charge in [0, 0.05) is 6.07 Å². The van der Waals surface area contributed by atoms with Crippen molar-refractivity contribution in [2.45, 2.75) is 0 Å². The van der Waals surface area contributed by atoms with Gasteiger partial charge >= 0.3 is 0 Å². The molecule has 0 spiro atoms. The topological polar surface area (TPSA) is 26.0 Å². The minimum Gasteiger partial charge on any atom is -0.432 e. The summed E-state index contributed by atoms with van der Waals surface area (Å²) in [6.45, 7) is 0. The summed E-state index contributed by atoms with van der Waals surface area (Å²) in [6.07, 6.45) is 2.38. The summed E-state index contributed by atoms with van der Waals surface area (Å²) in [7, 11) is 0. The number of hydrogen-bond acceptors (Lipinski definition) is 2. The number of fused-ring (bicyclic) bond motifs is 1. The van der Waals surface area contributed by atoms with E-state index in [1.54, 1.807) is 6.07 Å². The fourth-order valence-corrected chi connectivity index (χ4v) is 0.700. The summed E-state index contributed by atoms with van der Waals surface area (Å²) >= 11 is 0. The van der Waals surface area contributed by atoms with E-state index in [4.69, 9.17) is 4.42 Å². The van der Waals surface area contributed by atoms with Crippen LogP contribution in [0.5, 0.6) is 0 Å². The van der Waals surface area contributed by atoms with E-state index in [1.165, 1.54) is 0 Å². The first-order chi connectivity index (χ1) is 4.47. The number of oxazole rings is 1. The summed E-state index contributed by atoms with van der Waals surface area (Å²) < 4.78 is 4.85. The van der Waals surface area contributed by atoms with Gasteiger partial charge in [0.15, 0.2) is 5.58 Å². The standard InChI is InChI=1S/C7H3NO/c1-2-4-7-6(3-1)8-5-9-7/h1-2,4H. The molecule has 2 radical (unpaired) electrons. The van der Waals surface area contributed by atoms with E-state index >= 15 is 0 Å². The summed E-state index contributed by atoms with van der Waals surface area (Å²) in [4.78, 5) is 3.77. The number of benzene rings is 1. The smallest absolute Gasteiger partial charge is 0.284 e. The summed E-state index contributed by atoms with van der Waals surface area (Å²) in [6, 6.07) is 8.36. The van der Waals surface area contributed by atoms with Crippen molar-refractivity contribution >= 4 is 11.1 Å². The predicted octanol–water partition coefficient (Wildman–Crippen LogP) is 1.43. The highest BCUT2D eigenvalue weighted by atomic mass is 16.3. The molecule has 0 atom stereocenters. The maximum absolute atomic E-state index is 4.85. The first-order valence-electron chi connectivity index (χ1n) is 2.60. The fourth-order valence-electron chi connectivity index (χ4n) is 0.700. The highest BCUT2D eigenvalue weighted by Crippen LogP contribution is 2.07. The highest BCUT2D eigenvalue weighted by molar-refractivity contribution is 5.70. The molecule has 2 nitrogen and oxygen atoms in total. The Morgan fingerprint density at radius 3 is 3.44 bits per heavy atom. The minimum absolute atomic E-state index is 0.734. The van der Waals surface area contributed by atoms with Crippen molar-refractivity contribution in [1.82, 2.24) is 4.98 Å². The van der Waals surface area contributed by atoms with Crippen molar-refractivity contribution < 1.29 is 4.42 Å². The first kappa shape index (κ1) is 4.56. The van der Waals surface area contributed by atoms with Crippen LogP contribution < -0.4 is 0 Å². The monoisotopic (exact) mass is 117 g/mol. The van der Waals surface area contributed by atoms with E-state index in [9.17, 15) is 0 Å². The Bertz CT molecular complexity index is 283. The van der Waals surface area contributed by atoms with E-state index in [0.29, 0.717) is 0 Å². The summed E-state index contributed by atoms with van der Waals surface area (Å²) in [5.74, 6) is 0. The Morgan fingerprint density at radius 2 is 2.56 bits per heavy atom. The van der Waals surface area contributed by atoms with Gasteiger partial charge in [-0.2, -0.15) is 0 Å². The molecule has 42 valence electrons. The molecule has 2 rings (SSSR count). The average Bonchev–Trinajstić information content (AvgIpc) is 2.33. The lowest BCUT2D eigenvalue weighted by Crippen LogP contribution is -1.62. The third-order valence-electron chi connectivity index (χ3n) is 1.11. The predicted molar refractivity (Wildman–Crippen MR) is 31.7 cm³/mol. The average molecular weight is 117 g/mol. The molecule has 0 saturated carbocycles. The zero-order valence-corrected chi connectivity index (χ0v) is 4.59. The van der Waals surface area contributed by atoms with E-state index < -0.39 is 0 Å². The molecule has 1 aromatic heterocycles. The SMILES string of the molecule is [c]1nc2[c]cccc2o1. The Hall–Kier alpha value is -1.31. The molecular weight excluding hydrogens is 114 g/mol. The van der Waals surface area contributed by atoms with Gasteiger partial charge < -0.3 is 4.42 Å². The van der Waals surface area contributed by atoms with Crippen molar-refractivity contribution in [3.8, 4) is 0 Å². The molecule has 0 fully saturated rings. The van der Waals surface area contributed by atoms with Crippen LogP contribution in [-0.2, 0) is 0 Å². The lowest BCUT2D eigenvalue weighted by Gasteiger charge is -1.78. The van der Waals surface area contributed by atoms with E-state index in [1.807, 2.05) is 12.1 Å². The third-order valence-corrected chi connectivity index (χ3v) is 1.11. The van der Waals surface area contributed by atoms with Crippen molar-refractivity contribution in [3.05, 3.63) is 30.7 Å². The van der Waals surface area contributed by atoms with Gasteiger partial charge in [-0.25, -0.2) is 4.98 Å². The molecule has 1 aromatic carbocycles. The van der Waals surface area contributed by atoms with Crippen molar-refractivity contribution in [2.75, 3.05) is 0 Å². The molecule has 0 saturated heterocycles. The van der Waals surface area contributed by atoms with Crippen LogP contribution in [0.1, 0.15) is 0 Å². The molecule has 9 heavy (non-hydrogen) atoms. The van der Waals surface area contributed by atoms with Crippen molar-refractivity contribution in [2.24, 2.45) is 0 Å². The largest absolute Gasteiger partial charge is 0.432 e. The Labute approximate surface area is 52.1 Å². The zero-order valence-electron chi connectivity index (χ0n) is 4.59. The quantitative estimate of drug-likeness (QED) is 0.521. The lowest BCUT2D eigenvalue weighted by molar-refractivity contribution is 0.591. The number of rotatable bonds is 0. The number of para-hydroxylation sites is 1. The van der Waals surface area contributed by atoms with Crippen LogP contribution in [0, 0.1) is 12.5 Å². The van der Waals surface area contributed by atoms with Gasteiger partial charge in [0.05, 0.1) is 0 Å². The maximum atomic E-state index is 4.85. The van der Waals surface area contributed by atoms with E-state index in [2.05, 4.69) is 17.4 Å². The van der Waals surface area contributed by atoms with Crippen molar-refractivity contribution in [3.63, 3.8) is 0 Å². The molecule has 2 heteroatoms. The van der Waals surface area contributed by atoms with E-state index in [0.717, 1.165) is 11.1 Å². The zero-order chi connectivity index (χ0) is 6.10. The number of hydrogen-bond donors (Lipinski definition) is 0. The van der Waals surface area contributed by atoms with Gasteiger partial charge in [-0.15, -0.1) is 0 Å². The Balaban J connectivity index is 2.95. The number of aromatic nitrogens is 1. The lowest BCUT2D eigenvalue weighted by atomic mass is 10.3. The normalized spacial score (nSPS) is 10.2. The van der Waals surface area contributed by atoms with Crippen LogP contribution >= 0.6 is 0 Å². The summed E-state index contributed by atoms with van der Waals surface area (Å²) in [5, 5.41) is 0. The van der Waals surface area contributed by atoms with Crippen LogP contribution in [0.25, 0.3) is 11.1 Å².